The summed E-state index contributed by atoms with van der Waals surface area (Å²) in [6, 6.07) is 32.2. The molecule has 1 aliphatic rings. The Morgan fingerprint density at radius 2 is 1.31 bits per heavy atom. The van der Waals surface area contributed by atoms with Gasteiger partial charge < -0.3 is 19.0 Å². The van der Waals surface area contributed by atoms with Crippen molar-refractivity contribution in [2.75, 3.05) is 13.2 Å². The predicted molar refractivity (Wildman–Crippen MR) is 144 cm³/mol. The Bertz CT molecular complexity index is 944. The summed E-state index contributed by atoms with van der Waals surface area (Å²) in [6.07, 6.45) is 3.71. The summed E-state index contributed by atoms with van der Waals surface area (Å²) in [5.74, 6) is 0. The minimum atomic E-state index is -2.44. The average Bonchev–Trinajstić information content (AvgIpc) is 2.93. The molecule has 0 heterocycles. The van der Waals surface area contributed by atoms with Gasteiger partial charge in [0, 0.05) is 0 Å². The molecule has 3 aromatic carbocycles. The number of hydrogen-bond donors (Lipinski definition) is 1. The molecule has 0 aliphatic heterocycles. The molecule has 0 bridgehead atoms. The van der Waals surface area contributed by atoms with Crippen LogP contribution in [0.5, 0.6) is 0 Å². The SMILES string of the molecule is CC[Si](OCC(O)CO[C@@H]1CCC[C@H](OCc2ccccc2)C1)(c1ccccc1)c1ccccc1. The summed E-state index contributed by atoms with van der Waals surface area (Å²) in [5, 5.41) is 13.2. The zero-order valence-corrected chi connectivity index (χ0v) is 21.7. The third-order valence-electron chi connectivity index (χ3n) is 6.93. The topological polar surface area (TPSA) is 47.9 Å². The van der Waals surface area contributed by atoms with Gasteiger partial charge in [-0.25, -0.2) is 0 Å². The van der Waals surface area contributed by atoms with E-state index in [9.17, 15) is 5.11 Å². The minimum Gasteiger partial charge on any atom is -0.405 e. The predicted octanol–water partition coefficient (Wildman–Crippen LogP) is 4.69. The van der Waals surface area contributed by atoms with Gasteiger partial charge in [0.2, 0.25) is 0 Å². The lowest BCUT2D eigenvalue weighted by molar-refractivity contribution is -0.0748. The number of benzene rings is 3. The second-order valence-corrected chi connectivity index (χ2v) is 13.2. The number of aliphatic hydroxyl groups is 1. The van der Waals surface area contributed by atoms with Gasteiger partial charge in [-0.3, -0.25) is 0 Å². The lowest BCUT2D eigenvalue weighted by atomic mass is 9.95. The average molecular weight is 491 g/mol. The fraction of sp³-hybridized carbons (Fsp3) is 0.400. The lowest BCUT2D eigenvalue weighted by Crippen LogP contribution is -2.61. The van der Waals surface area contributed by atoms with Crippen molar-refractivity contribution < 1.29 is 19.0 Å². The molecule has 1 N–H and O–H groups in total. The Kier molecular flexibility index (Phi) is 9.69. The molecule has 4 nitrogen and oxygen atoms in total. The molecule has 0 amide bonds. The Morgan fingerprint density at radius 1 is 0.771 bits per heavy atom. The van der Waals surface area contributed by atoms with Crippen LogP contribution in [0, 0.1) is 0 Å². The third kappa shape index (κ3) is 7.12. The molecule has 186 valence electrons. The monoisotopic (exact) mass is 490 g/mol. The molecule has 3 atom stereocenters. The van der Waals surface area contributed by atoms with E-state index in [0.29, 0.717) is 6.61 Å². The number of aliphatic hydroxyl groups excluding tert-OH is 1. The van der Waals surface area contributed by atoms with Crippen molar-refractivity contribution >= 4 is 18.7 Å². The highest BCUT2D eigenvalue weighted by atomic mass is 28.4. The highest BCUT2D eigenvalue weighted by Crippen LogP contribution is 2.25. The highest BCUT2D eigenvalue weighted by Gasteiger charge is 2.38. The molecule has 1 unspecified atom stereocenters. The molecule has 0 saturated heterocycles. The van der Waals surface area contributed by atoms with Crippen LogP contribution in [0.25, 0.3) is 0 Å². The van der Waals surface area contributed by atoms with Crippen LogP contribution in [-0.4, -0.2) is 44.9 Å². The van der Waals surface area contributed by atoms with Gasteiger partial charge >= 0.3 is 0 Å². The van der Waals surface area contributed by atoms with Gasteiger partial charge in [-0.15, -0.1) is 0 Å². The third-order valence-corrected chi connectivity index (χ3v) is 11.1. The molecule has 0 spiro atoms. The van der Waals surface area contributed by atoms with Gasteiger partial charge in [0.1, 0.15) is 0 Å². The van der Waals surface area contributed by atoms with Gasteiger partial charge in [0.25, 0.3) is 8.32 Å². The molecule has 1 fully saturated rings. The van der Waals surface area contributed by atoms with E-state index in [0.717, 1.165) is 31.7 Å². The van der Waals surface area contributed by atoms with Crippen LogP contribution in [0.3, 0.4) is 0 Å². The smallest absolute Gasteiger partial charge is 0.255 e. The second-order valence-electron chi connectivity index (χ2n) is 9.42. The maximum atomic E-state index is 10.8. The normalized spacial score (nSPS) is 19.4. The molecule has 3 aromatic rings. The van der Waals surface area contributed by atoms with Gasteiger partial charge in [-0.1, -0.05) is 97.9 Å². The fourth-order valence-electron chi connectivity index (χ4n) is 4.99. The van der Waals surface area contributed by atoms with E-state index in [1.165, 1.54) is 15.9 Å². The summed E-state index contributed by atoms with van der Waals surface area (Å²) in [6.45, 7) is 3.38. The summed E-state index contributed by atoms with van der Waals surface area (Å²) in [4.78, 5) is 0. The van der Waals surface area contributed by atoms with Gasteiger partial charge in [-0.2, -0.15) is 0 Å². The largest absolute Gasteiger partial charge is 0.405 e. The number of rotatable bonds is 12. The molecule has 1 aliphatic carbocycles. The van der Waals surface area contributed by atoms with E-state index in [4.69, 9.17) is 13.9 Å². The van der Waals surface area contributed by atoms with Crippen molar-refractivity contribution in [2.45, 2.75) is 63.6 Å². The first-order valence-corrected chi connectivity index (χ1v) is 15.0. The Hall–Kier alpha value is -2.28. The second kappa shape index (κ2) is 13.1. The van der Waals surface area contributed by atoms with E-state index < -0.39 is 14.4 Å². The Balaban J connectivity index is 1.30. The summed E-state index contributed by atoms with van der Waals surface area (Å²) in [7, 11) is -2.44. The van der Waals surface area contributed by atoms with Gasteiger partial charge in [-0.05, 0) is 47.7 Å². The lowest BCUT2D eigenvalue weighted by Gasteiger charge is -2.33. The first kappa shape index (κ1) is 25.8. The van der Waals surface area contributed by atoms with Crippen molar-refractivity contribution in [1.82, 2.24) is 0 Å². The minimum absolute atomic E-state index is 0.121. The van der Waals surface area contributed by atoms with E-state index in [-0.39, 0.29) is 25.4 Å². The van der Waals surface area contributed by atoms with E-state index in [1.807, 2.05) is 30.3 Å². The maximum Gasteiger partial charge on any atom is 0.255 e. The highest BCUT2D eigenvalue weighted by molar-refractivity contribution is 6.97. The molecule has 0 aromatic heterocycles. The van der Waals surface area contributed by atoms with Crippen molar-refractivity contribution in [3.05, 3.63) is 96.6 Å². The van der Waals surface area contributed by atoms with Crippen LogP contribution in [0.2, 0.25) is 6.04 Å². The van der Waals surface area contributed by atoms with E-state index in [2.05, 4.69) is 67.6 Å². The Morgan fingerprint density at radius 3 is 1.89 bits per heavy atom. The van der Waals surface area contributed by atoms with Crippen LogP contribution in [0.15, 0.2) is 91.0 Å². The molecule has 5 heteroatoms. The van der Waals surface area contributed by atoms with Crippen LogP contribution in [-0.2, 0) is 20.5 Å². The van der Waals surface area contributed by atoms with Gasteiger partial charge in [0.15, 0.2) is 0 Å². The Labute approximate surface area is 211 Å². The van der Waals surface area contributed by atoms with Crippen molar-refractivity contribution in [2.24, 2.45) is 0 Å². The molecule has 35 heavy (non-hydrogen) atoms. The van der Waals surface area contributed by atoms with Crippen molar-refractivity contribution in [1.29, 1.82) is 0 Å². The van der Waals surface area contributed by atoms with E-state index >= 15 is 0 Å². The first-order valence-electron chi connectivity index (χ1n) is 12.9. The summed E-state index contributed by atoms with van der Waals surface area (Å²) in [5.41, 5.74) is 1.20. The quantitative estimate of drug-likeness (QED) is 0.374. The summed E-state index contributed by atoms with van der Waals surface area (Å²) < 4.78 is 18.9. The van der Waals surface area contributed by atoms with Crippen LogP contribution in [0.1, 0.15) is 38.2 Å². The summed E-state index contributed by atoms with van der Waals surface area (Å²) >= 11 is 0. The van der Waals surface area contributed by atoms with Crippen molar-refractivity contribution in [3.8, 4) is 0 Å². The molecule has 0 radical (unpaired) electrons. The van der Waals surface area contributed by atoms with Crippen LogP contribution < -0.4 is 10.4 Å². The number of ether oxygens (including phenoxy) is 2. The standard InChI is InChI=1S/C30H38O4Si/c1-2-35(29-17-8-4-9-18-29,30-19-10-5-11-20-30)34-24-26(31)23-33-28-16-12-15-27(21-28)32-22-25-13-6-3-7-14-25/h3-11,13-14,17-20,26-28,31H,2,12,15-16,21-24H2,1H3/t26?,27-,28+/m0/s1. The molecular weight excluding hydrogens is 452 g/mol. The molecule has 1 saturated carbocycles. The van der Waals surface area contributed by atoms with Crippen LogP contribution in [0.4, 0.5) is 0 Å². The maximum absolute atomic E-state index is 10.8. The van der Waals surface area contributed by atoms with E-state index in [1.54, 1.807) is 0 Å². The zero-order valence-electron chi connectivity index (χ0n) is 20.7. The van der Waals surface area contributed by atoms with Crippen LogP contribution >= 0.6 is 0 Å². The van der Waals surface area contributed by atoms with Gasteiger partial charge in [0.05, 0.1) is 38.1 Å². The number of hydrogen-bond acceptors (Lipinski definition) is 4. The molecule has 4 rings (SSSR count). The van der Waals surface area contributed by atoms with Crippen molar-refractivity contribution in [3.63, 3.8) is 0 Å². The zero-order chi connectivity index (χ0) is 24.3. The first-order chi connectivity index (χ1) is 17.2. The molecular formula is C30H38O4Si. The fourth-order valence-corrected chi connectivity index (χ4v) is 8.61.